The van der Waals surface area contributed by atoms with E-state index in [9.17, 15) is 14.9 Å². The van der Waals surface area contributed by atoms with Crippen LogP contribution in [-0.2, 0) is 4.79 Å². The van der Waals surface area contributed by atoms with E-state index >= 15 is 0 Å². The summed E-state index contributed by atoms with van der Waals surface area (Å²) in [5, 5.41) is 15.6. The molecule has 0 aliphatic heterocycles. The van der Waals surface area contributed by atoms with Crippen molar-refractivity contribution < 1.29 is 14.5 Å². The zero-order valence-electron chi connectivity index (χ0n) is 14.8. The van der Waals surface area contributed by atoms with Crippen LogP contribution in [0.25, 0.3) is 11.3 Å². The van der Waals surface area contributed by atoms with Gasteiger partial charge in [-0.05, 0) is 49.2 Å². The van der Waals surface area contributed by atoms with Crippen molar-refractivity contribution in [3.05, 3.63) is 69.1 Å². The van der Waals surface area contributed by atoms with Crippen LogP contribution in [-0.4, -0.2) is 22.4 Å². The number of carbonyl (C=O) groups is 1. The van der Waals surface area contributed by atoms with Gasteiger partial charge in [-0.15, -0.1) is 11.3 Å². The Labute approximate surface area is 159 Å². The fourth-order valence-electron chi connectivity index (χ4n) is 2.33. The number of anilines is 1. The van der Waals surface area contributed by atoms with Crippen molar-refractivity contribution in [2.45, 2.75) is 13.8 Å². The fraction of sp³-hybridized carbons (Fsp3) is 0.158. The third-order valence-electron chi connectivity index (χ3n) is 3.97. The van der Waals surface area contributed by atoms with Gasteiger partial charge >= 0.3 is 0 Å². The van der Waals surface area contributed by atoms with E-state index in [2.05, 4.69) is 10.3 Å². The minimum absolute atomic E-state index is 0.0194. The lowest BCUT2D eigenvalue weighted by atomic mass is 10.1. The Kier molecular flexibility index (Phi) is 5.46. The smallest absolute Gasteiger partial charge is 0.269 e. The Bertz CT molecular complexity index is 983. The zero-order chi connectivity index (χ0) is 19.4. The van der Waals surface area contributed by atoms with Crippen LogP contribution in [0.2, 0.25) is 0 Å². The Morgan fingerprint density at radius 1 is 1.19 bits per heavy atom. The number of rotatable bonds is 6. The number of ether oxygens (including phenoxy) is 1. The summed E-state index contributed by atoms with van der Waals surface area (Å²) in [5.41, 5.74) is 3.66. The first-order chi connectivity index (χ1) is 12.9. The number of hydrogen-bond acceptors (Lipinski definition) is 6. The Balaban J connectivity index is 1.58. The topological polar surface area (TPSA) is 94.4 Å². The van der Waals surface area contributed by atoms with Gasteiger partial charge in [0.05, 0.1) is 10.6 Å². The van der Waals surface area contributed by atoms with E-state index in [1.54, 1.807) is 17.5 Å². The predicted octanol–water partition coefficient (Wildman–Crippen LogP) is 4.35. The molecule has 7 nitrogen and oxygen atoms in total. The number of amides is 1. The van der Waals surface area contributed by atoms with Gasteiger partial charge in [0.15, 0.2) is 11.7 Å². The second-order valence-electron chi connectivity index (χ2n) is 5.92. The molecule has 3 aromatic rings. The summed E-state index contributed by atoms with van der Waals surface area (Å²) in [6.07, 6.45) is 0. The number of benzene rings is 2. The van der Waals surface area contributed by atoms with Crippen molar-refractivity contribution in [2.24, 2.45) is 0 Å². The van der Waals surface area contributed by atoms with Gasteiger partial charge in [-0.3, -0.25) is 20.2 Å². The molecule has 0 fully saturated rings. The van der Waals surface area contributed by atoms with Gasteiger partial charge in [0.1, 0.15) is 5.75 Å². The number of aryl methyl sites for hydroxylation is 2. The second-order valence-corrected chi connectivity index (χ2v) is 6.78. The van der Waals surface area contributed by atoms with Crippen LogP contribution in [0.5, 0.6) is 5.75 Å². The molecular formula is C19H17N3O4S. The summed E-state index contributed by atoms with van der Waals surface area (Å²) in [4.78, 5) is 26.6. The molecule has 1 heterocycles. The fourth-order valence-corrected chi connectivity index (χ4v) is 3.06. The number of nitro groups is 1. The number of non-ortho nitro benzene ring substituents is 1. The number of nitrogens with one attached hydrogen (secondary N) is 1. The molecule has 0 atom stereocenters. The Hall–Kier alpha value is -3.26. The third kappa shape index (κ3) is 4.68. The van der Waals surface area contributed by atoms with Crippen LogP contribution in [0, 0.1) is 24.0 Å². The van der Waals surface area contributed by atoms with Crippen molar-refractivity contribution in [2.75, 3.05) is 11.9 Å². The van der Waals surface area contributed by atoms with E-state index in [1.165, 1.54) is 23.5 Å². The highest BCUT2D eigenvalue weighted by molar-refractivity contribution is 7.14. The molecule has 27 heavy (non-hydrogen) atoms. The summed E-state index contributed by atoms with van der Waals surface area (Å²) in [6, 6.07) is 11.8. The lowest BCUT2D eigenvalue weighted by Gasteiger charge is -2.07. The average molecular weight is 383 g/mol. The summed E-state index contributed by atoms with van der Waals surface area (Å²) < 4.78 is 5.50. The zero-order valence-corrected chi connectivity index (χ0v) is 15.6. The minimum atomic E-state index is -0.452. The van der Waals surface area contributed by atoms with Crippen LogP contribution in [0.15, 0.2) is 47.8 Å². The van der Waals surface area contributed by atoms with Gasteiger partial charge < -0.3 is 4.74 Å². The van der Waals surface area contributed by atoms with Gasteiger partial charge in [-0.2, -0.15) is 0 Å². The number of nitro benzene ring substituents is 1. The minimum Gasteiger partial charge on any atom is -0.484 e. The maximum atomic E-state index is 12.1. The highest BCUT2D eigenvalue weighted by Crippen LogP contribution is 2.26. The Morgan fingerprint density at radius 2 is 1.93 bits per heavy atom. The monoisotopic (exact) mass is 383 g/mol. The number of thiazole rings is 1. The molecule has 8 heteroatoms. The molecule has 0 saturated heterocycles. The molecular weight excluding hydrogens is 366 g/mol. The first kappa shape index (κ1) is 18.5. The van der Waals surface area contributed by atoms with Crippen LogP contribution in [0.3, 0.4) is 0 Å². The van der Waals surface area contributed by atoms with Gasteiger partial charge in [-0.1, -0.05) is 6.07 Å². The number of carbonyl (C=O) groups excluding carboxylic acids is 1. The first-order valence-corrected chi connectivity index (χ1v) is 9.00. The molecule has 1 N–H and O–H groups in total. The molecule has 2 aromatic carbocycles. The van der Waals surface area contributed by atoms with E-state index in [1.807, 2.05) is 32.0 Å². The lowest BCUT2D eigenvalue weighted by Crippen LogP contribution is -2.20. The number of nitrogens with zero attached hydrogens (tertiary/aromatic N) is 2. The lowest BCUT2D eigenvalue weighted by molar-refractivity contribution is -0.384. The SMILES string of the molecule is Cc1ccc(OCC(=O)Nc2nc(-c3ccc([N+](=O)[O-])cc3)cs2)cc1C. The summed E-state index contributed by atoms with van der Waals surface area (Å²) in [6.45, 7) is 3.88. The van der Waals surface area contributed by atoms with Crippen LogP contribution in [0.1, 0.15) is 11.1 Å². The molecule has 0 aliphatic rings. The van der Waals surface area contributed by atoms with Gasteiger partial charge in [0.25, 0.3) is 11.6 Å². The van der Waals surface area contributed by atoms with E-state index < -0.39 is 4.92 Å². The summed E-state index contributed by atoms with van der Waals surface area (Å²) in [5.74, 6) is 0.330. The first-order valence-electron chi connectivity index (χ1n) is 8.12. The van der Waals surface area contributed by atoms with Crippen LogP contribution < -0.4 is 10.1 Å². The molecule has 0 bridgehead atoms. The number of hydrogen-bond donors (Lipinski definition) is 1. The summed E-state index contributed by atoms with van der Waals surface area (Å²) >= 11 is 1.28. The molecule has 1 aromatic heterocycles. The third-order valence-corrected chi connectivity index (χ3v) is 4.73. The Morgan fingerprint density at radius 3 is 2.59 bits per heavy atom. The van der Waals surface area contributed by atoms with Gasteiger partial charge in [0.2, 0.25) is 0 Å². The maximum Gasteiger partial charge on any atom is 0.269 e. The van der Waals surface area contributed by atoms with E-state index in [0.717, 1.165) is 16.7 Å². The van der Waals surface area contributed by atoms with Gasteiger partial charge in [-0.25, -0.2) is 4.98 Å². The van der Waals surface area contributed by atoms with Crippen LogP contribution >= 0.6 is 11.3 Å². The molecule has 0 unspecified atom stereocenters. The molecule has 0 spiro atoms. The van der Waals surface area contributed by atoms with Crippen molar-refractivity contribution in [3.63, 3.8) is 0 Å². The molecule has 0 aliphatic carbocycles. The average Bonchev–Trinajstić information content (AvgIpc) is 3.11. The van der Waals surface area contributed by atoms with Gasteiger partial charge in [0, 0.05) is 23.1 Å². The normalized spacial score (nSPS) is 10.4. The van der Waals surface area contributed by atoms with E-state index in [-0.39, 0.29) is 18.2 Å². The van der Waals surface area contributed by atoms with Crippen LogP contribution in [0.4, 0.5) is 10.8 Å². The van der Waals surface area contributed by atoms with Crippen molar-refractivity contribution in [1.82, 2.24) is 4.98 Å². The maximum absolute atomic E-state index is 12.1. The molecule has 0 radical (unpaired) electrons. The second kappa shape index (κ2) is 7.96. The van der Waals surface area contributed by atoms with E-state index in [0.29, 0.717) is 16.6 Å². The molecule has 3 rings (SSSR count). The van der Waals surface area contributed by atoms with Crippen molar-refractivity contribution in [1.29, 1.82) is 0 Å². The molecule has 0 saturated carbocycles. The highest BCUT2D eigenvalue weighted by atomic mass is 32.1. The van der Waals surface area contributed by atoms with Crippen molar-refractivity contribution in [3.8, 4) is 17.0 Å². The number of aromatic nitrogens is 1. The summed E-state index contributed by atoms with van der Waals surface area (Å²) in [7, 11) is 0. The predicted molar refractivity (Wildman–Crippen MR) is 104 cm³/mol. The van der Waals surface area contributed by atoms with Crippen molar-refractivity contribution >= 4 is 28.1 Å². The molecule has 138 valence electrons. The van der Waals surface area contributed by atoms with E-state index in [4.69, 9.17) is 4.74 Å². The largest absolute Gasteiger partial charge is 0.484 e. The quantitative estimate of drug-likeness (QED) is 0.504. The molecule has 1 amide bonds. The standard InChI is InChI=1S/C19H17N3O4S/c1-12-3-8-16(9-13(12)2)26-10-18(23)21-19-20-17(11-27-19)14-4-6-15(7-5-14)22(24)25/h3-9,11H,10H2,1-2H3,(H,20,21,23). The highest BCUT2D eigenvalue weighted by Gasteiger charge is 2.11.